The standard InChI is InChI=1S/C9H7I/c10-9-5-7-3-1-2-4-8(7)6-9/h1-5H,6H2. The number of fused-ring (bicyclic) bond motifs is 1. The smallest absolute Gasteiger partial charge is 0.00386 e. The van der Waals surface area contributed by atoms with Gasteiger partial charge >= 0.3 is 0 Å². The van der Waals surface area contributed by atoms with Crippen LogP contribution in [-0.2, 0) is 6.42 Å². The fourth-order valence-electron chi connectivity index (χ4n) is 1.24. The molecule has 10 heavy (non-hydrogen) atoms. The highest BCUT2D eigenvalue weighted by atomic mass is 127. The molecule has 0 bridgehead atoms. The molecule has 0 fully saturated rings. The molecule has 50 valence electrons. The number of allylic oxidation sites excluding steroid dienone is 1. The van der Waals surface area contributed by atoms with Crippen molar-refractivity contribution in [1.29, 1.82) is 0 Å². The summed E-state index contributed by atoms with van der Waals surface area (Å²) in [5.41, 5.74) is 2.86. The lowest BCUT2D eigenvalue weighted by Gasteiger charge is -1.93. The maximum atomic E-state index is 2.39. The SMILES string of the molecule is IC1=Cc2ccccc2C1. The fourth-order valence-corrected chi connectivity index (χ4v) is 1.98. The van der Waals surface area contributed by atoms with Crippen LogP contribution in [0.4, 0.5) is 0 Å². The molecular formula is C9H7I. The maximum Gasteiger partial charge on any atom is 0.00386 e. The second-order valence-corrected chi connectivity index (χ2v) is 3.85. The molecule has 1 aliphatic carbocycles. The van der Waals surface area contributed by atoms with Gasteiger partial charge in [0.2, 0.25) is 0 Å². The first-order valence-electron chi connectivity index (χ1n) is 3.30. The maximum absolute atomic E-state index is 2.39. The Balaban J connectivity index is 2.54. The molecule has 1 heteroatoms. The number of hydrogen-bond acceptors (Lipinski definition) is 0. The lowest BCUT2D eigenvalue weighted by Crippen LogP contribution is -1.78. The van der Waals surface area contributed by atoms with Gasteiger partial charge < -0.3 is 0 Å². The monoisotopic (exact) mass is 242 g/mol. The second kappa shape index (κ2) is 2.38. The Bertz CT molecular complexity index is 287. The third-order valence-corrected chi connectivity index (χ3v) is 2.42. The van der Waals surface area contributed by atoms with Gasteiger partial charge in [-0.3, -0.25) is 0 Å². The first-order chi connectivity index (χ1) is 4.86. The van der Waals surface area contributed by atoms with Crippen LogP contribution in [0.1, 0.15) is 11.1 Å². The average Bonchev–Trinajstić information content (AvgIpc) is 2.27. The molecule has 1 aliphatic rings. The highest BCUT2D eigenvalue weighted by Crippen LogP contribution is 2.27. The minimum Gasteiger partial charge on any atom is -0.0619 e. The molecular weight excluding hydrogens is 235 g/mol. The zero-order chi connectivity index (χ0) is 6.97. The van der Waals surface area contributed by atoms with Gasteiger partial charge in [-0.2, -0.15) is 0 Å². The van der Waals surface area contributed by atoms with E-state index in [1.165, 1.54) is 14.7 Å². The minimum absolute atomic E-state index is 1.14. The lowest BCUT2D eigenvalue weighted by molar-refractivity contribution is 1.30. The highest BCUT2D eigenvalue weighted by Gasteiger charge is 2.07. The number of benzene rings is 1. The molecule has 0 saturated heterocycles. The molecule has 0 aromatic heterocycles. The summed E-state index contributed by atoms with van der Waals surface area (Å²) in [5, 5.41) is 0. The van der Waals surface area contributed by atoms with Crippen LogP contribution < -0.4 is 0 Å². The molecule has 0 N–H and O–H groups in total. The summed E-state index contributed by atoms with van der Waals surface area (Å²) in [6.07, 6.45) is 3.38. The van der Waals surface area contributed by atoms with Crippen molar-refractivity contribution in [3.63, 3.8) is 0 Å². The fraction of sp³-hybridized carbons (Fsp3) is 0.111. The van der Waals surface area contributed by atoms with Crippen molar-refractivity contribution in [2.24, 2.45) is 0 Å². The zero-order valence-electron chi connectivity index (χ0n) is 5.47. The van der Waals surface area contributed by atoms with Crippen LogP contribution in [0.3, 0.4) is 0 Å². The molecule has 0 amide bonds. The molecule has 0 radical (unpaired) electrons. The van der Waals surface area contributed by atoms with Gasteiger partial charge in [0, 0.05) is 6.42 Å². The third-order valence-electron chi connectivity index (χ3n) is 1.73. The molecule has 0 atom stereocenters. The van der Waals surface area contributed by atoms with E-state index >= 15 is 0 Å². The summed E-state index contributed by atoms with van der Waals surface area (Å²) in [4.78, 5) is 0. The van der Waals surface area contributed by atoms with Crippen LogP contribution in [0.2, 0.25) is 0 Å². The van der Waals surface area contributed by atoms with Crippen molar-refractivity contribution in [2.45, 2.75) is 6.42 Å². The summed E-state index contributed by atoms with van der Waals surface area (Å²) in [5.74, 6) is 0. The molecule has 0 aliphatic heterocycles. The van der Waals surface area contributed by atoms with Gasteiger partial charge in [-0.05, 0) is 43.4 Å². The van der Waals surface area contributed by atoms with Crippen LogP contribution in [0, 0.1) is 0 Å². The molecule has 1 aromatic carbocycles. The minimum atomic E-state index is 1.14. The van der Waals surface area contributed by atoms with Gasteiger partial charge in [0.25, 0.3) is 0 Å². The van der Waals surface area contributed by atoms with Crippen LogP contribution in [0.5, 0.6) is 0 Å². The summed E-state index contributed by atoms with van der Waals surface area (Å²) < 4.78 is 1.44. The van der Waals surface area contributed by atoms with Crippen LogP contribution in [0.25, 0.3) is 6.08 Å². The van der Waals surface area contributed by atoms with Crippen molar-refractivity contribution in [3.05, 3.63) is 39.0 Å². The van der Waals surface area contributed by atoms with E-state index in [0.29, 0.717) is 0 Å². The molecule has 2 rings (SSSR count). The Hall–Kier alpha value is -0.310. The first kappa shape index (κ1) is 6.40. The molecule has 0 unspecified atom stereocenters. The van der Waals surface area contributed by atoms with Crippen LogP contribution in [-0.4, -0.2) is 0 Å². The van der Waals surface area contributed by atoms with Crippen LogP contribution in [0.15, 0.2) is 27.8 Å². The van der Waals surface area contributed by atoms with E-state index in [2.05, 4.69) is 52.9 Å². The van der Waals surface area contributed by atoms with Gasteiger partial charge in [-0.25, -0.2) is 0 Å². The van der Waals surface area contributed by atoms with Crippen molar-refractivity contribution in [3.8, 4) is 0 Å². The van der Waals surface area contributed by atoms with Crippen molar-refractivity contribution in [1.82, 2.24) is 0 Å². The average molecular weight is 242 g/mol. The Morgan fingerprint density at radius 3 is 2.80 bits per heavy atom. The van der Waals surface area contributed by atoms with Gasteiger partial charge in [-0.1, -0.05) is 24.3 Å². The van der Waals surface area contributed by atoms with E-state index in [1.807, 2.05) is 0 Å². The van der Waals surface area contributed by atoms with E-state index in [1.54, 1.807) is 0 Å². The van der Waals surface area contributed by atoms with E-state index in [-0.39, 0.29) is 0 Å². The quantitative estimate of drug-likeness (QED) is 0.613. The summed E-state index contributed by atoms with van der Waals surface area (Å²) >= 11 is 2.39. The van der Waals surface area contributed by atoms with E-state index in [4.69, 9.17) is 0 Å². The number of halogens is 1. The largest absolute Gasteiger partial charge is 0.0619 e. The summed E-state index contributed by atoms with van der Waals surface area (Å²) in [6.45, 7) is 0. The second-order valence-electron chi connectivity index (χ2n) is 2.47. The van der Waals surface area contributed by atoms with Crippen molar-refractivity contribution < 1.29 is 0 Å². The Labute approximate surface area is 74.1 Å². The lowest BCUT2D eigenvalue weighted by atomic mass is 10.1. The normalized spacial score (nSPS) is 14.7. The van der Waals surface area contributed by atoms with Crippen molar-refractivity contribution in [2.75, 3.05) is 0 Å². The van der Waals surface area contributed by atoms with E-state index < -0.39 is 0 Å². The zero-order valence-corrected chi connectivity index (χ0v) is 7.63. The molecule has 0 spiro atoms. The molecule has 1 aromatic rings. The van der Waals surface area contributed by atoms with Gasteiger partial charge in [0.05, 0.1) is 0 Å². The van der Waals surface area contributed by atoms with E-state index in [0.717, 1.165) is 6.42 Å². The Morgan fingerprint density at radius 1 is 1.20 bits per heavy atom. The number of rotatable bonds is 0. The summed E-state index contributed by atoms with van der Waals surface area (Å²) in [6, 6.07) is 8.55. The molecule has 0 saturated carbocycles. The predicted molar refractivity (Wildman–Crippen MR) is 52.1 cm³/mol. The third kappa shape index (κ3) is 0.985. The van der Waals surface area contributed by atoms with Gasteiger partial charge in [-0.15, -0.1) is 0 Å². The summed E-state index contributed by atoms with van der Waals surface area (Å²) in [7, 11) is 0. The Morgan fingerprint density at radius 2 is 2.00 bits per heavy atom. The highest BCUT2D eigenvalue weighted by molar-refractivity contribution is 14.1. The number of hydrogen-bond donors (Lipinski definition) is 0. The molecule has 0 heterocycles. The van der Waals surface area contributed by atoms with Gasteiger partial charge in [0.15, 0.2) is 0 Å². The predicted octanol–water partition coefficient (Wildman–Crippen LogP) is 3.02. The Kier molecular flexibility index (Phi) is 1.52. The van der Waals surface area contributed by atoms with Gasteiger partial charge in [0.1, 0.15) is 0 Å². The topological polar surface area (TPSA) is 0 Å². The van der Waals surface area contributed by atoms with Crippen molar-refractivity contribution >= 4 is 28.7 Å². The van der Waals surface area contributed by atoms with E-state index in [9.17, 15) is 0 Å². The van der Waals surface area contributed by atoms with Crippen LogP contribution >= 0.6 is 22.6 Å². The first-order valence-corrected chi connectivity index (χ1v) is 4.38. The molecule has 0 nitrogen and oxygen atoms in total.